The van der Waals surface area contributed by atoms with E-state index in [9.17, 15) is 19.5 Å². The van der Waals surface area contributed by atoms with Crippen LogP contribution < -0.4 is 5.32 Å². The van der Waals surface area contributed by atoms with E-state index in [1.165, 1.54) is 24.3 Å². The molecule has 6 nitrogen and oxygen atoms in total. The molecule has 1 aliphatic rings. The highest BCUT2D eigenvalue weighted by Gasteiger charge is 2.40. The van der Waals surface area contributed by atoms with E-state index < -0.39 is 11.9 Å². The van der Waals surface area contributed by atoms with Crippen molar-refractivity contribution in [2.75, 3.05) is 0 Å². The molecule has 2 aromatic carbocycles. The molecule has 30 heavy (non-hydrogen) atoms. The fraction of sp³-hybridized carbons (Fsp3) is 0.375. The zero-order valence-electron chi connectivity index (χ0n) is 17.7. The van der Waals surface area contributed by atoms with Crippen LogP contribution >= 0.6 is 0 Å². The van der Waals surface area contributed by atoms with Crippen LogP contribution in [0.15, 0.2) is 36.4 Å². The maximum atomic E-state index is 12.5. The van der Waals surface area contributed by atoms with E-state index in [0.29, 0.717) is 11.1 Å². The molecule has 0 saturated carbocycles. The van der Waals surface area contributed by atoms with Gasteiger partial charge in [0.2, 0.25) is 0 Å². The summed E-state index contributed by atoms with van der Waals surface area (Å²) in [7, 11) is 0. The van der Waals surface area contributed by atoms with E-state index >= 15 is 0 Å². The molecule has 0 heterocycles. The average molecular weight is 409 g/mol. The van der Waals surface area contributed by atoms with E-state index in [1.807, 2.05) is 6.07 Å². The number of rotatable bonds is 5. The van der Waals surface area contributed by atoms with Gasteiger partial charge in [0.1, 0.15) is 0 Å². The van der Waals surface area contributed by atoms with Crippen molar-refractivity contribution < 1.29 is 24.6 Å². The van der Waals surface area contributed by atoms with Gasteiger partial charge in [-0.3, -0.25) is 4.79 Å². The number of benzene rings is 2. The van der Waals surface area contributed by atoms with Crippen molar-refractivity contribution in [1.82, 2.24) is 5.32 Å². The Balaban J connectivity index is 1.92. The van der Waals surface area contributed by atoms with Gasteiger partial charge >= 0.3 is 11.9 Å². The highest BCUT2D eigenvalue weighted by Crippen LogP contribution is 2.47. The quantitative estimate of drug-likeness (QED) is 0.681. The lowest BCUT2D eigenvalue weighted by molar-refractivity contribution is 0.0682. The minimum atomic E-state index is -1.06. The summed E-state index contributed by atoms with van der Waals surface area (Å²) in [5.41, 5.74) is 2.76. The first-order valence-electron chi connectivity index (χ1n) is 9.96. The first-order valence-corrected chi connectivity index (χ1v) is 9.96. The van der Waals surface area contributed by atoms with E-state index in [1.54, 1.807) is 6.07 Å². The average Bonchev–Trinajstić information content (AvgIpc) is 2.69. The number of amides is 1. The van der Waals surface area contributed by atoms with Gasteiger partial charge in [0.25, 0.3) is 5.91 Å². The van der Waals surface area contributed by atoms with Crippen LogP contribution in [0.4, 0.5) is 0 Å². The third-order valence-corrected chi connectivity index (χ3v) is 6.12. The Hall–Kier alpha value is -3.15. The van der Waals surface area contributed by atoms with Crippen molar-refractivity contribution in [3.63, 3.8) is 0 Å². The molecule has 0 saturated heterocycles. The predicted octanol–water partition coefficient (Wildman–Crippen LogP) is 4.36. The molecule has 0 aromatic heterocycles. The van der Waals surface area contributed by atoms with Crippen molar-refractivity contribution in [3.05, 3.63) is 69.8 Å². The molecule has 0 aliphatic heterocycles. The third kappa shape index (κ3) is 3.95. The fourth-order valence-electron chi connectivity index (χ4n) is 4.23. The third-order valence-electron chi connectivity index (χ3n) is 6.12. The lowest BCUT2D eigenvalue weighted by Gasteiger charge is -2.43. The first-order chi connectivity index (χ1) is 13.9. The Morgan fingerprint density at radius 3 is 1.97 bits per heavy atom. The largest absolute Gasteiger partial charge is 0.478 e. The monoisotopic (exact) mass is 409 g/mol. The number of fused-ring (bicyclic) bond motifs is 1. The standard InChI is InChI=1S/C24H27NO5/c1-23(2)11-12-24(3,4)19-17(23)10-9-16(18(19)22(29)30)13-25-20(26)14-5-7-15(8-6-14)21(27)28/h5-10H,11-13H2,1-4H3,(H,25,26)(H,27,28)(H,29,30). The molecule has 0 spiro atoms. The van der Waals surface area contributed by atoms with Crippen LogP contribution in [0.2, 0.25) is 0 Å². The molecule has 0 fully saturated rings. The SMILES string of the molecule is CC1(C)CCC(C)(C)c2c1ccc(CNC(=O)c1ccc(C(=O)O)cc1)c2C(=O)O. The van der Waals surface area contributed by atoms with Crippen LogP contribution in [0.5, 0.6) is 0 Å². The van der Waals surface area contributed by atoms with Gasteiger partial charge in [0, 0.05) is 12.1 Å². The number of hydrogen-bond donors (Lipinski definition) is 3. The molecule has 6 heteroatoms. The topological polar surface area (TPSA) is 104 Å². The Morgan fingerprint density at radius 1 is 0.833 bits per heavy atom. The minimum Gasteiger partial charge on any atom is -0.478 e. The molecule has 0 unspecified atom stereocenters. The molecule has 3 N–H and O–H groups in total. The smallest absolute Gasteiger partial charge is 0.336 e. The minimum absolute atomic E-state index is 0.0743. The van der Waals surface area contributed by atoms with Gasteiger partial charge in [-0.25, -0.2) is 9.59 Å². The molecular formula is C24H27NO5. The molecule has 3 rings (SSSR count). The van der Waals surface area contributed by atoms with Crippen LogP contribution in [0.3, 0.4) is 0 Å². The van der Waals surface area contributed by atoms with Crippen molar-refractivity contribution >= 4 is 17.8 Å². The number of carboxylic acid groups (broad SMARTS) is 2. The Kier molecular flexibility index (Phi) is 5.46. The Morgan fingerprint density at radius 2 is 1.40 bits per heavy atom. The molecule has 158 valence electrons. The van der Waals surface area contributed by atoms with Crippen molar-refractivity contribution in [1.29, 1.82) is 0 Å². The van der Waals surface area contributed by atoms with Gasteiger partial charge in [0.15, 0.2) is 0 Å². The second kappa shape index (κ2) is 7.59. The van der Waals surface area contributed by atoms with Gasteiger partial charge in [-0.1, -0.05) is 39.8 Å². The zero-order chi connectivity index (χ0) is 22.3. The summed E-state index contributed by atoms with van der Waals surface area (Å²) in [4.78, 5) is 35.7. The number of aromatic carboxylic acids is 2. The van der Waals surface area contributed by atoms with Crippen molar-refractivity contribution in [2.24, 2.45) is 0 Å². The molecule has 0 bridgehead atoms. The van der Waals surface area contributed by atoms with Gasteiger partial charge in [0.05, 0.1) is 11.1 Å². The number of carbonyl (C=O) groups is 3. The Bertz CT molecular complexity index is 1020. The van der Waals surface area contributed by atoms with Crippen LogP contribution in [0.25, 0.3) is 0 Å². The van der Waals surface area contributed by atoms with Crippen molar-refractivity contribution in [2.45, 2.75) is 57.9 Å². The number of nitrogens with one attached hydrogen (secondary N) is 1. The van der Waals surface area contributed by atoms with E-state index in [0.717, 1.165) is 24.0 Å². The van der Waals surface area contributed by atoms with Crippen molar-refractivity contribution in [3.8, 4) is 0 Å². The predicted molar refractivity (Wildman–Crippen MR) is 113 cm³/mol. The lowest BCUT2D eigenvalue weighted by Crippen LogP contribution is -2.36. The van der Waals surface area contributed by atoms with Gasteiger partial charge < -0.3 is 15.5 Å². The molecule has 1 aliphatic carbocycles. The summed E-state index contributed by atoms with van der Waals surface area (Å²) in [5.74, 6) is -2.44. The zero-order valence-corrected chi connectivity index (χ0v) is 17.7. The fourth-order valence-corrected chi connectivity index (χ4v) is 4.23. The maximum Gasteiger partial charge on any atom is 0.336 e. The normalized spacial score (nSPS) is 16.4. The molecular weight excluding hydrogens is 382 g/mol. The van der Waals surface area contributed by atoms with Crippen LogP contribution in [-0.2, 0) is 17.4 Å². The van der Waals surface area contributed by atoms with E-state index in [-0.39, 0.29) is 34.4 Å². The lowest BCUT2D eigenvalue weighted by atomic mass is 9.61. The van der Waals surface area contributed by atoms with Gasteiger partial charge in [-0.05, 0) is 64.6 Å². The number of carboxylic acids is 2. The van der Waals surface area contributed by atoms with Gasteiger partial charge in [-0.15, -0.1) is 0 Å². The van der Waals surface area contributed by atoms with E-state index in [2.05, 4.69) is 33.0 Å². The second-order valence-corrected chi connectivity index (χ2v) is 9.16. The highest BCUT2D eigenvalue weighted by molar-refractivity contribution is 5.96. The number of carbonyl (C=O) groups excluding carboxylic acids is 1. The maximum absolute atomic E-state index is 12.5. The summed E-state index contributed by atoms with van der Waals surface area (Å²) >= 11 is 0. The molecule has 1 amide bonds. The van der Waals surface area contributed by atoms with Gasteiger partial charge in [-0.2, -0.15) is 0 Å². The highest BCUT2D eigenvalue weighted by atomic mass is 16.4. The van der Waals surface area contributed by atoms with Crippen LogP contribution in [0, 0.1) is 0 Å². The van der Waals surface area contributed by atoms with Crippen LogP contribution in [0.1, 0.15) is 88.3 Å². The molecule has 0 radical (unpaired) electrons. The molecule has 0 atom stereocenters. The van der Waals surface area contributed by atoms with E-state index in [4.69, 9.17) is 5.11 Å². The first kappa shape index (κ1) is 21.6. The second-order valence-electron chi connectivity index (χ2n) is 9.16. The number of hydrogen-bond acceptors (Lipinski definition) is 3. The molecule has 2 aromatic rings. The summed E-state index contributed by atoms with van der Waals surface area (Å²) in [5, 5.41) is 21.8. The van der Waals surface area contributed by atoms with Crippen LogP contribution in [-0.4, -0.2) is 28.1 Å². The summed E-state index contributed by atoms with van der Waals surface area (Å²) in [6.45, 7) is 8.48. The summed E-state index contributed by atoms with van der Waals surface area (Å²) < 4.78 is 0. The Labute approximate surface area is 175 Å². The summed E-state index contributed by atoms with van der Waals surface area (Å²) in [6, 6.07) is 9.39. The summed E-state index contributed by atoms with van der Waals surface area (Å²) in [6.07, 6.45) is 1.87.